The van der Waals surface area contributed by atoms with Gasteiger partial charge >= 0.3 is 0 Å². The van der Waals surface area contributed by atoms with Gasteiger partial charge in [-0.15, -0.1) is 0 Å². The van der Waals surface area contributed by atoms with Gasteiger partial charge in [0.25, 0.3) is 0 Å². The topological polar surface area (TPSA) is 40.5 Å². The zero-order valence-corrected chi connectivity index (χ0v) is 11.3. The van der Waals surface area contributed by atoms with Gasteiger partial charge in [0, 0.05) is 6.61 Å². The van der Waals surface area contributed by atoms with Gasteiger partial charge in [0.05, 0.1) is 6.10 Å². The number of rotatable bonds is 1. The summed E-state index contributed by atoms with van der Waals surface area (Å²) in [7, 11) is 0. The molecule has 3 aliphatic rings. The summed E-state index contributed by atoms with van der Waals surface area (Å²) in [5.41, 5.74) is 0.324. The molecule has 2 nitrogen and oxygen atoms in total. The highest BCUT2D eigenvalue weighted by Gasteiger charge is 2.66. The first-order valence-corrected chi connectivity index (χ1v) is 7.22. The molecule has 3 aliphatic carbocycles. The fraction of sp³-hybridized carbons (Fsp3) is 1.00. The Hall–Kier alpha value is -0.0800. The molecule has 3 saturated carbocycles. The Kier molecular flexibility index (Phi) is 2.45. The highest BCUT2D eigenvalue weighted by molar-refractivity contribution is 5.14. The van der Waals surface area contributed by atoms with Crippen LogP contribution in [-0.4, -0.2) is 22.9 Å². The maximum absolute atomic E-state index is 10.4. The Morgan fingerprint density at radius 3 is 2.47 bits per heavy atom. The summed E-state index contributed by atoms with van der Waals surface area (Å²) in [5.74, 6) is 2.50. The second-order valence-corrected chi connectivity index (χ2v) is 7.54. The van der Waals surface area contributed by atoms with Gasteiger partial charge in [-0.1, -0.05) is 20.8 Å². The average molecular weight is 238 g/mol. The van der Waals surface area contributed by atoms with E-state index in [9.17, 15) is 10.2 Å². The predicted octanol–water partition coefficient (Wildman–Crippen LogP) is 2.44. The van der Waals surface area contributed by atoms with Crippen LogP contribution in [0.25, 0.3) is 0 Å². The summed E-state index contributed by atoms with van der Waals surface area (Å²) in [6, 6.07) is 0. The summed E-state index contributed by atoms with van der Waals surface area (Å²) < 4.78 is 0. The van der Waals surface area contributed by atoms with Gasteiger partial charge < -0.3 is 10.2 Å². The Labute approximate surface area is 104 Å². The zero-order chi connectivity index (χ0) is 12.4. The molecular weight excluding hydrogens is 212 g/mol. The van der Waals surface area contributed by atoms with Gasteiger partial charge in [0.15, 0.2) is 0 Å². The summed E-state index contributed by atoms with van der Waals surface area (Å²) in [6.07, 6.45) is 4.45. The van der Waals surface area contributed by atoms with Crippen LogP contribution in [0.4, 0.5) is 0 Å². The first-order valence-electron chi connectivity index (χ1n) is 7.22. The molecule has 4 bridgehead atoms. The Morgan fingerprint density at radius 2 is 1.82 bits per heavy atom. The molecule has 17 heavy (non-hydrogen) atoms. The number of aliphatic hydroxyl groups is 2. The van der Waals surface area contributed by atoms with Crippen LogP contribution in [0.5, 0.6) is 0 Å². The molecule has 0 aromatic rings. The third-order valence-corrected chi connectivity index (χ3v) is 6.79. The first-order chi connectivity index (χ1) is 7.93. The highest BCUT2D eigenvalue weighted by Crippen LogP contribution is 2.70. The van der Waals surface area contributed by atoms with E-state index in [0.717, 1.165) is 18.8 Å². The fourth-order valence-electron chi connectivity index (χ4n) is 5.81. The van der Waals surface area contributed by atoms with E-state index in [1.54, 1.807) is 0 Å². The van der Waals surface area contributed by atoms with Crippen molar-refractivity contribution in [3.63, 3.8) is 0 Å². The van der Waals surface area contributed by atoms with Crippen LogP contribution in [0.1, 0.15) is 46.5 Å². The Balaban J connectivity index is 2.06. The van der Waals surface area contributed by atoms with E-state index in [1.807, 2.05) is 0 Å². The Morgan fingerprint density at radius 1 is 1.12 bits per heavy atom. The molecule has 1 unspecified atom stereocenters. The van der Waals surface area contributed by atoms with Gasteiger partial charge in [0.2, 0.25) is 0 Å². The third-order valence-electron chi connectivity index (χ3n) is 6.79. The van der Waals surface area contributed by atoms with Gasteiger partial charge in [0.1, 0.15) is 0 Å². The number of hydrogen-bond donors (Lipinski definition) is 2. The van der Waals surface area contributed by atoms with Crippen molar-refractivity contribution in [3.8, 4) is 0 Å². The largest absolute Gasteiger partial charge is 0.396 e. The summed E-state index contributed by atoms with van der Waals surface area (Å²) in [6.45, 7) is 7.22. The second-order valence-electron chi connectivity index (χ2n) is 7.54. The van der Waals surface area contributed by atoms with Crippen molar-refractivity contribution in [2.45, 2.75) is 52.6 Å². The van der Waals surface area contributed by atoms with E-state index in [4.69, 9.17) is 0 Å². The van der Waals surface area contributed by atoms with E-state index in [2.05, 4.69) is 20.8 Å². The van der Waals surface area contributed by atoms with Crippen molar-refractivity contribution in [2.24, 2.45) is 34.5 Å². The molecule has 0 aliphatic heterocycles. The molecule has 0 spiro atoms. The summed E-state index contributed by atoms with van der Waals surface area (Å²) in [5, 5.41) is 20.2. The van der Waals surface area contributed by atoms with E-state index in [-0.39, 0.29) is 16.9 Å². The molecule has 6 atom stereocenters. The van der Waals surface area contributed by atoms with E-state index >= 15 is 0 Å². The lowest BCUT2D eigenvalue weighted by Crippen LogP contribution is -2.40. The standard InChI is InChI=1S/C15H26O2/c1-14(2)12(17)6-7-15(3)10-5-4-9(13(10)14)11(15)8-16/h9-13,16-17H,4-8H2,1-3H3/t9-,10+,11+,12-,13?,15+/m1/s1. The predicted molar refractivity (Wildman–Crippen MR) is 67.4 cm³/mol. The normalized spacial score (nSPS) is 55.9. The molecular formula is C15H26O2. The zero-order valence-electron chi connectivity index (χ0n) is 11.3. The van der Waals surface area contributed by atoms with Crippen LogP contribution in [0.15, 0.2) is 0 Å². The first kappa shape index (κ1) is 12.0. The van der Waals surface area contributed by atoms with E-state index in [0.29, 0.717) is 24.4 Å². The second kappa shape index (κ2) is 3.48. The Bertz CT molecular complexity index is 325. The number of hydrogen-bond acceptors (Lipinski definition) is 2. The molecule has 0 aromatic carbocycles. The molecule has 0 amide bonds. The molecule has 0 heterocycles. The SMILES string of the molecule is CC1(C)C2[C@@H]3CC[C@@H]2[C@](C)(CC[C@H]1O)[C@H]3CO. The maximum atomic E-state index is 10.4. The molecule has 3 rings (SSSR count). The van der Waals surface area contributed by atoms with Gasteiger partial charge in [-0.05, 0) is 60.2 Å². The molecule has 2 N–H and O–H groups in total. The van der Waals surface area contributed by atoms with Gasteiger partial charge in [-0.3, -0.25) is 0 Å². The highest BCUT2D eigenvalue weighted by atomic mass is 16.3. The van der Waals surface area contributed by atoms with Crippen molar-refractivity contribution < 1.29 is 10.2 Å². The number of aliphatic hydroxyl groups excluding tert-OH is 2. The van der Waals surface area contributed by atoms with E-state index in [1.165, 1.54) is 12.8 Å². The maximum Gasteiger partial charge on any atom is 0.0594 e. The minimum atomic E-state index is -0.155. The average Bonchev–Trinajstić information content (AvgIpc) is 2.78. The van der Waals surface area contributed by atoms with Crippen LogP contribution in [-0.2, 0) is 0 Å². The van der Waals surface area contributed by atoms with Crippen LogP contribution in [0, 0.1) is 34.5 Å². The lowest BCUT2D eigenvalue weighted by atomic mass is 9.65. The lowest BCUT2D eigenvalue weighted by molar-refractivity contribution is -0.0244. The molecule has 2 heteroatoms. The van der Waals surface area contributed by atoms with Crippen molar-refractivity contribution in [1.29, 1.82) is 0 Å². The van der Waals surface area contributed by atoms with Crippen molar-refractivity contribution in [2.75, 3.05) is 6.61 Å². The van der Waals surface area contributed by atoms with Crippen molar-refractivity contribution in [3.05, 3.63) is 0 Å². The van der Waals surface area contributed by atoms with Crippen LogP contribution in [0.3, 0.4) is 0 Å². The minimum Gasteiger partial charge on any atom is -0.396 e. The smallest absolute Gasteiger partial charge is 0.0594 e. The monoisotopic (exact) mass is 238 g/mol. The third kappa shape index (κ3) is 1.29. The molecule has 98 valence electrons. The van der Waals surface area contributed by atoms with Gasteiger partial charge in [-0.25, -0.2) is 0 Å². The van der Waals surface area contributed by atoms with Crippen molar-refractivity contribution in [1.82, 2.24) is 0 Å². The van der Waals surface area contributed by atoms with Gasteiger partial charge in [-0.2, -0.15) is 0 Å². The van der Waals surface area contributed by atoms with Crippen LogP contribution >= 0.6 is 0 Å². The molecule has 3 fully saturated rings. The van der Waals surface area contributed by atoms with Crippen LogP contribution in [0.2, 0.25) is 0 Å². The molecule has 0 radical (unpaired) electrons. The van der Waals surface area contributed by atoms with E-state index < -0.39 is 0 Å². The molecule has 0 aromatic heterocycles. The quantitative estimate of drug-likeness (QED) is 0.736. The minimum absolute atomic E-state index is 0.0352. The fourth-order valence-corrected chi connectivity index (χ4v) is 5.81. The summed E-state index contributed by atoms with van der Waals surface area (Å²) in [4.78, 5) is 0. The summed E-state index contributed by atoms with van der Waals surface area (Å²) >= 11 is 0. The lowest BCUT2D eigenvalue weighted by Gasteiger charge is -2.42. The molecule has 0 saturated heterocycles. The van der Waals surface area contributed by atoms with Crippen LogP contribution < -0.4 is 0 Å². The van der Waals surface area contributed by atoms with Crippen molar-refractivity contribution >= 4 is 0 Å².